The molecule has 1 rings (SSSR count). The van der Waals surface area contributed by atoms with Crippen LogP contribution >= 0.6 is 15.9 Å². The zero-order valence-corrected chi connectivity index (χ0v) is 12.9. The average molecular weight is 333 g/mol. The summed E-state index contributed by atoms with van der Waals surface area (Å²) >= 11 is 3.36. The average Bonchev–Trinajstić information content (AvgIpc) is 2.37. The Hall–Kier alpha value is -1.27. The van der Waals surface area contributed by atoms with E-state index in [1.165, 1.54) is 7.11 Å². The number of phenols is 1. The van der Waals surface area contributed by atoms with Crippen LogP contribution in [-0.2, 0) is 9.53 Å². The first-order valence-electron chi connectivity index (χ1n) is 5.76. The van der Waals surface area contributed by atoms with Crippen molar-refractivity contribution in [2.45, 2.75) is 26.9 Å². The lowest BCUT2D eigenvalue weighted by Crippen LogP contribution is -2.17. The molecular formula is C13H17BrO5. The van der Waals surface area contributed by atoms with E-state index in [0.29, 0.717) is 15.6 Å². The monoisotopic (exact) mass is 332 g/mol. The smallest absolute Gasteiger partial charge is 0.339 e. The molecule has 0 aromatic heterocycles. The summed E-state index contributed by atoms with van der Waals surface area (Å²) in [5.74, 6) is -0.837. The number of hydrogen-bond acceptors (Lipinski definition) is 5. The topological polar surface area (TPSA) is 76.0 Å². The molecule has 0 fully saturated rings. The third kappa shape index (κ3) is 2.84. The summed E-state index contributed by atoms with van der Waals surface area (Å²) in [6, 6.07) is 0. The van der Waals surface area contributed by atoms with Crippen LogP contribution in [0.2, 0.25) is 0 Å². The van der Waals surface area contributed by atoms with Crippen molar-refractivity contribution in [1.82, 2.24) is 0 Å². The van der Waals surface area contributed by atoms with Crippen LogP contribution in [0.25, 0.3) is 0 Å². The Morgan fingerprint density at radius 3 is 2.42 bits per heavy atom. The summed E-state index contributed by atoms with van der Waals surface area (Å²) in [5.41, 5.74) is 1.35. The standard InChI is InChI=1S/C13H17BrO5/c1-5-19-13(17)11(16)8-6(2)9(14)7(3)12(18-4)10(8)15/h11,15-16H,5H2,1-4H3. The molecule has 6 heteroatoms. The molecule has 0 spiro atoms. The van der Waals surface area contributed by atoms with E-state index < -0.39 is 12.1 Å². The lowest BCUT2D eigenvalue weighted by atomic mass is 9.98. The highest BCUT2D eigenvalue weighted by molar-refractivity contribution is 9.10. The van der Waals surface area contributed by atoms with Gasteiger partial charge in [0.05, 0.1) is 13.7 Å². The van der Waals surface area contributed by atoms with Crippen LogP contribution in [0.1, 0.15) is 29.7 Å². The van der Waals surface area contributed by atoms with Gasteiger partial charge in [0.25, 0.3) is 0 Å². The van der Waals surface area contributed by atoms with Gasteiger partial charge in [-0.25, -0.2) is 4.79 Å². The van der Waals surface area contributed by atoms with Gasteiger partial charge in [-0.3, -0.25) is 0 Å². The lowest BCUT2D eigenvalue weighted by molar-refractivity contribution is -0.153. The molecule has 1 unspecified atom stereocenters. The number of aromatic hydroxyl groups is 1. The molecule has 0 saturated carbocycles. The fourth-order valence-corrected chi connectivity index (χ4v) is 2.29. The molecule has 0 amide bonds. The molecule has 106 valence electrons. The van der Waals surface area contributed by atoms with Crippen LogP contribution in [-0.4, -0.2) is 29.9 Å². The zero-order valence-electron chi connectivity index (χ0n) is 11.3. The Bertz CT molecular complexity index is 499. The van der Waals surface area contributed by atoms with Gasteiger partial charge in [0.15, 0.2) is 17.6 Å². The van der Waals surface area contributed by atoms with Crippen LogP contribution in [0, 0.1) is 13.8 Å². The number of hydrogen-bond donors (Lipinski definition) is 2. The maximum atomic E-state index is 11.6. The Kier molecular flexibility index (Phi) is 5.20. The molecular weight excluding hydrogens is 316 g/mol. The van der Waals surface area contributed by atoms with Crippen molar-refractivity contribution in [1.29, 1.82) is 0 Å². The Morgan fingerprint density at radius 2 is 1.95 bits per heavy atom. The molecule has 0 aliphatic rings. The number of aliphatic hydroxyl groups is 1. The van der Waals surface area contributed by atoms with E-state index in [0.717, 1.165) is 0 Å². The maximum Gasteiger partial charge on any atom is 0.339 e. The summed E-state index contributed by atoms with van der Waals surface area (Å²) in [6.07, 6.45) is -1.55. The Balaban J connectivity index is 3.43. The minimum absolute atomic E-state index is 0.0905. The SMILES string of the molecule is CCOC(=O)C(O)c1c(C)c(Br)c(C)c(OC)c1O. The van der Waals surface area contributed by atoms with Gasteiger partial charge in [-0.2, -0.15) is 0 Å². The van der Waals surface area contributed by atoms with Crippen LogP contribution < -0.4 is 4.74 Å². The van der Waals surface area contributed by atoms with Crippen molar-refractivity contribution < 1.29 is 24.5 Å². The highest BCUT2D eigenvalue weighted by Gasteiger charge is 2.28. The summed E-state index contributed by atoms with van der Waals surface area (Å²) in [7, 11) is 1.41. The van der Waals surface area contributed by atoms with Crippen molar-refractivity contribution in [3.63, 3.8) is 0 Å². The first-order chi connectivity index (χ1) is 8.86. The second-order valence-electron chi connectivity index (χ2n) is 4.01. The molecule has 0 heterocycles. The summed E-state index contributed by atoms with van der Waals surface area (Å²) in [6.45, 7) is 5.24. The molecule has 19 heavy (non-hydrogen) atoms. The highest BCUT2D eigenvalue weighted by Crippen LogP contribution is 2.43. The number of rotatable bonds is 4. The Morgan fingerprint density at radius 1 is 1.37 bits per heavy atom. The molecule has 0 bridgehead atoms. The van der Waals surface area contributed by atoms with Gasteiger partial charge in [-0.1, -0.05) is 15.9 Å². The number of carbonyl (C=O) groups is 1. The van der Waals surface area contributed by atoms with Crippen molar-refractivity contribution >= 4 is 21.9 Å². The van der Waals surface area contributed by atoms with Crippen LogP contribution in [0.3, 0.4) is 0 Å². The quantitative estimate of drug-likeness (QED) is 0.828. The minimum Gasteiger partial charge on any atom is -0.504 e. The van der Waals surface area contributed by atoms with E-state index in [9.17, 15) is 15.0 Å². The zero-order chi connectivity index (χ0) is 14.7. The highest BCUT2D eigenvalue weighted by atomic mass is 79.9. The first-order valence-corrected chi connectivity index (χ1v) is 6.56. The molecule has 0 aliphatic carbocycles. The molecule has 1 aromatic carbocycles. The number of halogens is 1. The predicted octanol–water partition coefficient (Wildman–Crippen LogP) is 2.38. The summed E-state index contributed by atoms with van der Waals surface area (Å²) in [4.78, 5) is 11.6. The fourth-order valence-electron chi connectivity index (χ4n) is 1.90. The third-order valence-corrected chi connectivity index (χ3v) is 4.05. The van der Waals surface area contributed by atoms with Crippen LogP contribution in [0.4, 0.5) is 0 Å². The number of benzene rings is 1. The molecule has 0 saturated heterocycles. The van der Waals surface area contributed by atoms with Crippen LogP contribution in [0.15, 0.2) is 4.47 Å². The molecule has 0 radical (unpaired) electrons. The van der Waals surface area contributed by atoms with Gasteiger partial charge in [-0.05, 0) is 26.3 Å². The van der Waals surface area contributed by atoms with E-state index in [4.69, 9.17) is 9.47 Å². The summed E-state index contributed by atoms with van der Waals surface area (Å²) in [5, 5.41) is 20.2. The Labute approximate surface area is 120 Å². The fraction of sp³-hybridized carbons (Fsp3) is 0.462. The van der Waals surface area contributed by atoms with E-state index in [1.807, 2.05) is 0 Å². The number of aliphatic hydroxyl groups excluding tert-OH is 1. The van der Waals surface area contributed by atoms with Gasteiger partial charge in [0.1, 0.15) is 0 Å². The minimum atomic E-state index is -1.55. The molecule has 0 aliphatic heterocycles. The van der Waals surface area contributed by atoms with Gasteiger partial charge < -0.3 is 19.7 Å². The largest absolute Gasteiger partial charge is 0.504 e. The van der Waals surface area contributed by atoms with Gasteiger partial charge in [0, 0.05) is 15.6 Å². The van der Waals surface area contributed by atoms with Crippen molar-refractivity contribution in [2.75, 3.05) is 13.7 Å². The lowest BCUT2D eigenvalue weighted by Gasteiger charge is -2.19. The van der Waals surface area contributed by atoms with Crippen molar-refractivity contribution in [2.24, 2.45) is 0 Å². The predicted molar refractivity (Wildman–Crippen MR) is 73.4 cm³/mol. The van der Waals surface area contributed by atoms with E-state index in [1.54, 1.807) is 20.8 Å². The van der Waals surface area contributed by atoms with Gasteiger partial charge in [0.2, 0.25) is 0 Å². The number of esters is 1. The number of phenolic OH excluding ortho intramolecular Hbond substituents is 1. The maximum absolute atomic E-state index is 11.6. The van der Waals surface area contributed by atoms with Crippen molar-refractivity contribution in [3.8, 4) is 11.5 Å². The molecule has 2 N–H and O–H groups in total. The second-order valence-corrected chi connectivity index (χ2v) is 4.81. The van der Waals surface area contributed by atoms with Crippen molar-refractivity contribution in [3.05, 3.63) is 21.2 Å². The van der Waals surface area contributed by atoms with Crippen LogP contribution in [0.5, 0.6) is 11.5 Å². The number of methoxy groups -OCH3 is 1. The molecule has 1 atom stereocenters. The third-order valence-electron chi connectivity index (χ3n) is 2.86. The van der Waals surface area contributed by atoms with E-state index in [-0.39, 0.29) is 23.7 Å². The normalized spacial score (nSPS) is 12.1. The van der Waals surface area contributed by atoms with Gasteiger partial charge in [-0.15, -0.1) is 0 Å². The molecule has 1 aromatic rings. The molecule has 5 nitrogen and oxygen atoms in total. The first kappa shape index (κ1) is 15.8. The van der Waals surface area contributed by atoms with E-state index >= 15 is 0 Å². The number of carbonyl (C=O) groups excluding carboxylic acids is 1. The van der Waals surface area contributed by atoms with Gasteiger partial charge >= 0.3 is 5.97 Å². The van der Waals surface area contributed by atoms with E-state index in [2.05, 4.69) is 15.9 Å². The number of ether oxygens (including phenoxy) is 2. The second kappa shape index (κ2) is 6.25. The summed E-state index contributed by atoms with van der Waals surface area (Å²) < 4.78 is 10.5.